The number of aliphatic hydroxyl groups is 1. The van der Waals surface area contributed by atoms with Crippen LogP contribution in [0.15, 0.2) is 24.3 Å². The first-order chi connectivity index (χ1) is 8.17. The van der Waals surface area contributed by atoms with Gasteiger partial charge in [-0.25, -0.2) is 4.39 Å². The second-order valence-corrected chi connectivity index (χ2v) is 5.39. The Bertz CT molecular complexity index is 414. The molecule has 1 aromatic carbocycles. The molecule has 0 aromatic heterocycles. The van der Waals surface area contributed by atoms with E-state index < -0.39 is 5.72 Å². The van der Waals surface area contributed by atoms with E-state index in [2.05, 4.69) is 4.90 Å². The molecule has 3 heterocycles. The van der Waals surface area contributed by atoms with Crippen LogP contribution in [0.3, 0.4) is 0 Å². The van der Waals surface area contributed by atoms with Crippen molar-refractivity contribution in [1.82, 2.24) is 4.90 Å². The van der Waals surface area contributed by atoms with Crippen LogP contribution in [0, 0.1) is 11.7 Å². The molecule has 1 unspecified atom stereocenters. The Kier molecular flexibility index (Phi) is 2.68. The van der Waals surface area contributed by atoms with Gasteiger partial charge in [0.2, 0.25) is 0 Å². The van der Waals surface area contributed by atoms with Crippen LogP contribution in [0.4, 0.5) is 4.39 Å². The minimum Gasteiger partial charge on any atom is -0.375 e. The van der Waals surface area contributed by atoms with E-state index in [1.807, 2.05) is 6.07 Å². The highest BCUT2D eigenvalue weighted by molar-refractivity contribution is 5.20. The summed E-state index contributed by atoms with van der Waals surface area (Å²) in [6.07, 6.45) is 3.57. The minimum absolute atomic E-state index is 0.205. The molecule has 3 heteroatoms. The molecule has 2 nitrogen and oxygen atoms in total. The van der Waals surface area contributed by atoms with E-state index in [1.165, 1.54) is 18.9 Å². The molecule has 1 N–H and O–H groups in total. The van der Waals surface area contributed by atoms with E-state index in [0.29, 0.717) is 17.9 Å². The van der Waals surface area contributed by atoms with E-state index in [0.717, 1.165) is 19.5 Å². The number of hydrogen-bond donors (Lipinski definition) is 1. The van der Waals surface area contributed by atoms with Crippen LogP contribution in [0.25, 0.3) is 0 Å². The molecule has 92 valence electrons. The van der Waals surface area contributed by atoms with Gasteiger partial charge in [-0.05, 0) is 36.8 Å². The van der Waals surface area contributed by atoms with Crippen molar-refractivity contribution in [3.63, 3.8) is 0 Å². The van der Waals surface area contributed by atoms with Crippen molar-refractivity contribution >= 4 is 0 Å². The predicted octanol–water partition coefficient (Wildman–Crippen LogP) is 2.17. The molecule has 3 saturated heterocycles. The summed E-state index contributed by atoms with van der Waals surface area (Å²) >= 11 is 0. The Balaban J connectivity index is 1.83. The third kappa shape index (κ3) is 1.98. The highest BCUT2D eigenvalue weighted by atomic mass is 19.1. The van der Waals surface area contributed by atoms with Crippen molar-refractivity contribution in [2.45, 2.75) is 31.4 Å². The zero-order valence-corrected chi connectivity index (χ0v) is 9.90. The monoisotopic (exact) mass is 235 g/mol. The lowest BCUT2D eigenvalue weighted by Crippen LogP contribution is -2.59. The van der Waals surface area contributed by atoms with Crippen molar-refractivity contribution in [2.24, 2.45) is 5.92 Å². The number of fused-ring (bicyclic) bond motifs is 3. The molecule has 17 heavy (non-hydrogen) atoms. The highest BCUT2D eigenvalue weighted by Gasteiger charge is 2.44. The zero-order chi connectivity index (χ0) is 11.9. The van der Waals surface area contributed by atoms with Gasteiger partial charge in [-0.2, -0.15) is 0 Å². The van der Waals surface area contributed by atoms with E-state index in [9.17, 15) is 9.50 Å². The summed E-state index contributed by atoms with van der Waals surface area (Å²) in [6.45, 7) is 1.91. The maximum absolute atomic E-state index is 13.6. The van der Waals surface area contributed by atoms with Gasteiger partial charge in [0.1, 0.15) is 11.5 Å². The Labute approximate surface area is 101 Å². The average Bonchev–Trinajstić information content (AvgIpc) is 2.33. The lowest BCUT2D eigenvalue weighted by molar-refractivity contribution is -0.171. The van der Waals surface area contributed by atoms with Gasteiger partial charge in [-0.1, -0.05) is 18.2 Å². The van der Waals surface area contributed by atoms with Crippen LogP contribution in [-0.4, -0.2) is 28.8 Å². The number of piperidine rings is 3. The first kappa shape index (κ1) is 11.2. The zero-order valence-electron chi connectivity index (χ0n) is 9.90. The molecule has 0 aliphatic carbocycles. The summed E-state index contributed by atoms with van der Waals surface area (Å²) in [5.74, 6) is 0.417. The number of halogens is 1. The van der Waals surface area contributed by atoms with Crippen LogP contribution < -0.4 is 0 Å². The average molecular weight is 235 g/mol. The fourth-order valence-electron chi connectivity index (χ4n) is 3.28. The van der Waals surface area contributed by atoms with Gasteiger partial charge >= 0.3 is 0 Å². The topological polar surface area (TPSA) is 23.5 Å². The molecular formula is C14H18FNO. The van der Waals surface area contributed by atoms with E-state index in [4.69, 9.17) is 0 Å². The van der Waals surface area contributed by atoms with Crippen molar-refractivity contribution in [3.05, 3.63) is 35.6 Å². The first-order valence-corrected chi connectivity index (χ1v) is 6.38. The van der Waals surface area contributed by atoms with Crippen molar-refractivity contribution in [3.8, 4) is 0 Å². The van der Waals surface area contributed by atoms with E-state index in [1.54, 1.807) is 12.1 Å². The smallest absolute Gasteiger partial charge is 0.126 e. The maximum atomic E-state index is 13.6. The van der Waals surface area contributed by atoms with E-state index in [-0.39, 0.29) is 5.82 Å². The van der Waals surface area contributed by atoms with Gasteiger partial charge in [-0.3, -0.25) is 4.90 Å². The van der Waals surface area contributed by atoms with Gasteiger partial charge in [-0.15, -0.1) is 0 Å². The highest BCUT2D eigenvalue weighted by Crippen LogP contribution is 2.39. The molecule has 0 spiro atoms. The van der Waals surface area contributed by atoms with Crippen molar-refractivity contribution in [1.29, 1.82) is 0 Å². The molecule has 4 rings (SSSR count). The number of benzene rings is 1. The molecule has 2 bridgehead atoms. The second-order valence-electron chi connectivity index (χ2n) is 5.39. The predicted molar refractivity (Wildman–Crippen MR) is 64.0 cm³/mol. The summed E-state index contributed by atoms with van der Waals surface area (Å²) in [7, 11) is 0. The molecule has 3 aliphatic rings. The summed E-state index contributed by atoms with van der Waals surface area (Å²) in [6, 6.07) is 6.76. The lowest BCUT2D eigenvalue weighted by atomic mass is 9.78. The fraction of sp³-hybridized carbons (Fsp3) is 0.571. The van der Waals surface area contributed by atoms with Crippen molar-refractivity contribution in [2.75, 3.05) is 13.1 Å². The molecule has 0 radical (unpaired) electrons. The number of nitrogens with zero attached hydrogens (tertiary/aromatic N) is 1. The van der Waals surface area contributed by atoms with Gasteiger partial charge in [0.15, 0.2) is 0 Å². The van der Waals surface area contributed by atoms with Gasteiger partial charge in [0.25, 0.3) is 0 Å². The van der Waals surface area contributed by atoms with Crippen LogP contribution in [0.5, 0.6) is 0 Å². The molecule has 0 saturated carbocycles. The molecule has 3 fully saturated rings. The normalized spacial score (nSPS) is 36.1. The van der Waals surface area contributed by atoms with Crippen LogP contribution in [-0.2, 0) is 6.42 Å². The second kappa shape index (κ2) is 4.07. The summed E-state index contributed by atoms with van der Waals surface area (Å²) in [4.78, 5) is 2.12. The Hall–Kier alpha value is -0.930. The molecule has 3 aliphatic heterocycles. The molecule has 1 aromatic rings. The SMILES string of the molecule is OC1(Cc2ccccc2F)CC2CCN1CC2. The van der Waals surface area contributed by atoms with Gasteiger partial charge in [0.05, 0.1) is 0 Å². The molecule has 0 amide bonds. The quantitative estimate of drug-likeness (QED) is 0.849. The van der Waals surface area contributed by atoms with Crippen LogP contribution >= 0.6 is 0 Å². The third-order valence-corrected chi connectivity index (χ3v) is 4.25. The van der Waals surface area contributed by atoms with Crippen molar-refractivity contribution < 1.29 is 9.50 Å². The Morgan fingerprint density at radius 1 is 1.29 bits per heavy atom. The Morgan fingerprint density at radius 2 is 2.00 bits per heavy atom. The van der Waals surface area contributed by atoms with Gasteiger partial charge < -0.3 is 5.11 Å². The van der Waals surface area contributed by atoms with Crippen LogP contribution in [0.2, 0.25) is 0 Å². The standard InChI is InChI=1S/C14H18FNO/c15-13-4-2-1-3-12(13)10-14(17)9-11-5-7-16(14)8-6-11/h1-4,11,17H,5-10H2. The third-order valence-electron chi connectivity index (χ3n) is 4.25. The minimum atomic E-state index is -0.816. The van der Waals surface area contributed by atoms with Gasteiger partial charge in [0, 0.05) is 19.5 Å². The fourth-order valence-corrected chi connectivity index (χ4v) is 3.28. The number of hydrogen-bond acceptors (Lipinski definition) is 2. The lowest BCUT2D eigenvalue weighted by Gasteiger charge is -2.51. The summed E-state index contributed by atoms with van der Waals surface area (Å²) in [5, 5.41) is 10.7. The van der Waals surface area contributed by atoms with Crippen LogP contribution in [0.1, 0.15) is 24.8 Å². The summed E-state index contributed by atoms with van der Waals surface area (Å²) < 4.78 is 13.6. The molecular weight excluding hydrogens is 217 g/mol. The maximum Gasteiger partial charge on any atom is 0.126 e. The largest absolute Gasteiger partial charge is 0.375 e. The number of rotatable bonds is 2. The van der Waals surface area contributed by atoms with E-state index >= 15 is 0 Å². The Morgan fingerprint density at radius 3 is 2.59 bits per heavy atom. The molecule has 1 atom stereocenters. The summed E-state index contributed by atoms with van der Waals surface area (Å²) in [5.41, 5.74) is -0.189. The first-order valence-electron chi connectivity index (χ1n) is 6.38.